The van der Waals surface area contributed by atoms with Gasteiger partial charge in [0, 0.05) is 24.5 Å². The van der Waals surface area contributed by atoms with Crippen LogP contribution in [0, 0.1) is 5.82 Å². The third-order valence-electron chi connectivity index (χ3n) is 5.17. The molecule has 31 heavy (non-hydrogen) atoms. The molecule has 9 heteroatoms. The van der Waals surface area contributed by atoms with Crippen LogP contribution in [0.15, 0.2) is 64.3 Å². The van der Waals surface area contributed by atoms with Crippen LogP contribution < -0.4 is 16.0 Å². The molecular formula is C22H18FN5O3. The maximum atomic E-state index is 13.5. The van der Waals surface area contributed by atoms with Crippen LogP contribution in [-0.4, -0.2) is 30.1 Å². The summed E-state index contributed by atoms with van der Waals surface area (Å²) in [7, 11) is 1.55. The lowest BCUT2D eigenvalue weighted by molar-refractivity contribution is 0.340. The molecule has 5 rings (SSSR count). The number of aryl methyl sites for hydroxylation is 1. The summed E-state index contributed by atoms with van der Waals surface area (Å²) in [5.41, 5.74) is 1.69. The molecule has 0 aliphatic heterocycles. The highest BCUT2D eigenvalue weighted by Crippen LogP contribution is 2.29. The minimum atomic E-state index is -0.537. The second-order valence-corrected chi connectivity index (χ2v) is 7.06. The highest BCUT2D eigenvalue weighted by molar-refractivity contribution is 5.79. The number of H-pyrrole nitrogens is 1. The molecule has 0 aliphatic carbocycles. The predicted octanol–water partition coefficient (Wildman–Crippen LogP) is 2.87. The van der Waals surface area contributed by atoms with Gasteiger partial charge >= 0.3 is 5.69 Å². The van der Waals surface area contributed by atoms with Gasteiger partial charge in [0.1, 0.15) is 11.6 Å². The molecule has 2 aromatic carbocycles. The summed E-state index contributed by atoms with van der Waals surface area (Å²) in [5.74, 6) is 0.833. The summed E-state index contributed by atoms with van der Waals surface area (Å²) in [6.45, 7) is 2.46. The van der Waals surface area contributed by atoms with Crippen LogP contribution in [0.25, 0.3) is 33.9 Å². The van der Waals surface area contributed by atoms with Crippen molar-refractivity contribution in [2.24, 2.45) is 7.05 Å². The van der Waals surface area contributed by atoms with E-state index in [4.69, 9.17) is 4.74 Å². The molecule has 156 valence electrons. The molecule has 3 aromatic heterocycles. The van der Waals surface area contributed by atoms with Gasteiger partial charge in [0.2, 0.25) is 5.78 Å². The van der Waals surface area contributed by atoms with Crippen molar-refractivity contribution in [1.29, 1.82) is 0 Å². The van der Waals surface area contributed by atoms with Crippen molar-refractivity contribution in [3.8, 4) is 22.7 Å². The summed E-state index contributed by atoms with van der Waals surface area (Å²) >= 11 is 0. The van der Waals surface area contributed by atoms with Gasteiger partial charge in [-0.2, -0.15) is 4.98 Å². The predicted molar refractivity (Wildman–Crippen MR) is 114 cm³/mol. The van der Waals surface area contributed by atoms with Crippen molar-refractivity contribution in [3.05, 3.63) is 81.4 Å². The smallest absolute Gasteiger partial charge is 0.329 e. The molecule has 1 N–H and O–H groups in total. The molecule has 0 spiro atoms. The fourth-order valence-corrected chi connectivity index (χ4v) is 3.70. The normalized spacial score (nSPS) is 11.5. The van der Waals surface area contributed by atoms with Crippen molar-refractivity contribution in [2.45, 2.75) is 6.92 Å². The molecule has 0 fully saturated rings. The average molecular weight is 419 g/mol. The van der Waals surface area contributed by atoms with E-state index in [-0.39, 0.29) is 17.0 Å². The fourth-order valence-electron chi connectivity index (χ4n) is 3.70. The van der Waals surface area contributed by atoms with Crippen molar-refractivity contribution >= 4 is 16.9 Å². The lowest BCUT2D eigenvalue weighted by Crippen LogP contribution is -2.28. The van der Waals surface area contributed by atoms with Gasteiger partial charge in [0.05, 0.1) is 12.3 Å². The molecule has 3 heterocycles. The summed E-state index contributed by atoms with van der Waals surface area (Å²) < 4.78 is 23.8. The van der Waals surface area contributed by atoms with Crippen LogP contribution in [0.1, 0.15) is 6.92 Å². The Labute approximate surface area is 174 Å². The van der Waals surface area contributed by atoms with Gasteiger partial charge < -0.3 is 4.74 Å². The molecular weight excluding hydrogens is 401 g/mol. The summed E-state index contributed by atoms with van der Waals surface area (Å²) in [6.07, 6.45) is 1.76. The molecule has 0 aliphatic rings. The third kappa shape index (κ3) is 2.93. The Hall–Kier alpha value is -4.14. The summed E-state index contributed by atoms with van der Waals surface area (Å²) in [4.78, 5) is 31.5. The van der Waals surface area contributed by atoms with Crippen LogP contribution in [0.4, 0.5) is 4.39 Å². The van der Waals surface area contributed by atoms with Gasteiger partial charge in [-0.25, -0.2) is 9.18 Å². The van der Waals surface area contributed by atoms with Crippen LogP contribution in [0.3, 0.4) is 0 Å². The minimum absolute atomic E-state index is 0.255. The molecule has 8 nitrogen and oxygen atoms in total. The van der Waals surface area contributed by atoms with E-state index in [0.717, 1.165) is 17.0 Å². The number of fused-ring (bicyclic) bond motifs is 3. The first-order chi connectivity index (χ1) is 15.0. The first kappa shape index (κ1) is 18.9. The number of aromatic nitrogens is 5. The molecule has 0 atom stereocenters. The molecule has 0 saturated carbocycles. The Morgan fingerprint density at radius 1 is 1.06 bits per heavy atom. The van der Waals surface area contributed by atoms with Gasteiger partial charge in [0.25, 0.3) is 5.56 Å². The highest BCUT2D eigenvalue weighted by Gasteiger charge is 2.20. The van der Waals surface area contributed by atoms with Gasteiger partial charge in [-0.05, 0) is 55.5 Å². The lowest BCUT2D eigenvalue weighted by atomic mass is 10.1. The number of ether oxygens (including phenoxy) is 1. The number of benzene rings is 2. The van der Waals surface area contributed by atoms with Crippen LogP contribution >= 0.6 is 0 Å². The van der Waals surface area contributed by atoms with Crippen molar-refractivity contribution in [2.75, 3.05) is 6.61 Å². The number of nitrogens with one attached hydrogen (secondary N) is 1. The zero-order valence-corrected chi connectivity index (χ0v) is 16.8. The zero-order valence-electron chi connectivity index (χ0n) is 16.8. The monoisotopic (exact) mass is 419 g/mol. The Morgan fingerprint density at radius 2 is 1.77 bits per heavy atom. The SMILES string of the molecule is CCOc1ccc(-n2c(-c3ccc(F)cc3)cn3c4c(=O)[nH]c(=O)n(C)c4nc23)cc1. The molecule has 0 unspecified atom stereocenters. The number of hydrogen-bond acceptors (Lipinski definition) is 4. The van der Waals surface area contributed by atoms with Gasteiger partial charge in [0.15, 0.2) is 11.2 Å². The lowest BCUT2D eigenvalue weighted by Gasteiger charge is -2.10. The standard InChI is InChI=1S/C22H18FN5O3/c1-3-31-16-10-8-15(9-11-16)28-17(13-4-6-14(23)7-5-13)12-27-18-19(24-21(27)28)26(2)22(30)25-20(18)29/h4-12H,3H2,1-2H3,(H,25,29,30). The van der Waals surface area contributed by atoms with E-state index in [1.807, 2.05) is 35.8 Å². The van der Waals surface area contributed by atoms with Crippen molar-refractivity contribution in [1.82, 2.24) is 23.5 Å². The second kappa shape index (κ2) is 6.98. The number of nitrogens with zero attached hydrogens (tertiary/aromatic N) is 4. The van der Waals surface area contributed by atoms with E-state index in [1.54, 1.807) is 29.8 Å². The maximum absolute atomic E-state index is 13.5. The highest BCUT2D eigenvalue weighted by atomic mass is 19.1. The maximum Gasteiger partial charge on any atom is 0.329 e. The van der Waals surface area contributed by atoms with E-state index in [2.05, 4.69) is 9.97 Å². The van der Waals surface area contributed by atoms with Crippen molar-refractivity contribution in [3.63, 3.8) is 0 Å². The number of imidazole rings is 2. The summed E-state index contributed by atoms with van der Waals surface area (Å²) in [6, 6.07) is 13.5. The van der Waals surface area contributed by atoms with E-state index >= 15 is 0 Å². The molecule has 0 amide bonds. The summed E-state index contributed by atoms with van der Waals surface area (Å²) in [5, 5.41) is 0. The van der Waals surface area contributed by atoms with Crippen LogP contribution in [-0.2, 0) is 7.05 Å². The number of hydrogen-bond donors (Lipinski definition) is 1. The average Bonchev–Trinajstić information content (AvgIpc) is 3.30. The Kier molecular flexibility index (Phi) is 4.25. The number of aromatic amines is 1. The zero-order chi connectivity index (χ0) is 21.7. The van der Waals surface area contributed by atoms with Crippen LogP contribution in [0.5, 0.6) is 5.75 Å². The molecule has 0 radical (unpaired) electrons. The van der Waals surface area contributed by atoms with Gasteiger partial charge in [-0.15, -0.1) is 0 Å². The van der Waals surface area contributed by atoms with Crippen molar-refractivity contribution < 1.29 is 9.13 Å². The molecule has 0 bridgehead atoms. The van der Waals surface area contributed by atoms with E-state index in [0.29, 0.717) is 18.1 Å². The molecule has 5 aromatic rings. The first-order valence-electron chi connectivity index (χ1n) is 9.70. The Bertz CT molecular complexity index is 1540. The number of rotatable bonds is 4. The second-order valence-electron chi connectivity index (χ2n) is 7.06. The quantitative estimate of drug-likeness (QED) is 0.485. The first-order valence-corrected chi connectivity index (χ1v) is 9.70. The fraction of sp³-hybridized carbons (Fsp3) is 0.136. The van der Waals surface area contributed by atoms with E-state index in [9.17, 15) is 14.0 Å². The van der Waals surface area contributed by atoms with E-state index in [1.165, 1.54) is 16.7 Å². The largest absolute Gasteiger partial charge is 0.494 e. The van der Waals surface area contributed by atoms with Crippen LogP contribution in [0.2, 0.25) is 0 Å². The Balaban J connectivity index is 1.86. The Morgan fingerprint density at radius 3 is 2.45 bits per heavy atom. The minimum Gasteiger partial charge on any atom is -0.494 e. The topological polar surface area (TPSA) is 86.3 Å². The van der Waals surface area contributed by atoms with Gasteiger partial charge in [-0.3, -0.25) is 23.3 Å². The molecule has 0 saturated heterocycles. The third-order valence-corrected chi connectivity index (χ3v) is 5.17. The number of halogens is 1. The van der Waals surface area contributed by atoms with E-state index < -0.39 is 11.2 Å². The van der Waals surface area contributed by atoms with Gasteiger partial charge in [-0.1, -0.05) is 0 Å².